The Morgan fingerprint density at radius 3 is 2.31 bits per heavy atom. The molecule has 2 aliphatic rings. The number of amides is 2. The fourth-order valence-corrected chi connectivity index (χ4v) is 7.07. The summed E-state index contributed by atoms with van der Waals surface area (Å²) in [5.41, 5.74) is 3.10. The third-order valence-corrected chi connectivity index (χ3v) is 10.2. The second-order valence-corrected chi connectivity index (χ2v) is 14.0. The molecule has 240 valence electrons. The molecule has 3 aromatic carbocycles. The predicted octanol–water partition coefficient (Wildman–Crippen LogP) is 5.01. The number of nitrogens with zero attached hydrogens (tertiary/aromatic N) is 2. The number of ether oxygens (including phenoxy) is 2. The lowest BCUT2D eigenvalue weighted by Crippen LogP contribution is -2.55. The first-order chi connectivity index (χ1) is 21.7. The van der Waals surface area contributed by atoms with Gasteiger partial charge in [-0.2, -0.15) is 0 Å². The largest absolute Gasteiger partial charge is 0.486 e. The summed E-state index contributed by atoms with van der Waals surface area (Å²) in [6, 6.07) is 21.5. The summed E-state index contributed by atoms with van der Waals surface area (Å²) in [6.45, 7) is 3.95. The Hall–Kier alpha value is -4.05. The molecule has 0 saturated heterocycles. The Balaban J connectivity index is 1.52. The first-order valence-corrected chi connectivity index (χ1v) is 17.4. The number of aryl methyl sites for hydroxylation is 1. The summed E-state index contributed by atoms with van der Waals surface area (Å²) < 4.78 is 39.4. The summed E-state index contributed by atoms with van der Waals surface area (Å²) >= 11 is 0. The van der Waals surface area contributed by atoms with Gasteiger partial charge in [0.05, 0.1) is 11.4 Å². The second-order valence-electron chi connectivity index (χ2n) is 11.8. The third-order valence-electron chi connectivity index (χ3n) is 8.45. The van der Waals surface area contributed by atoms with Gasteiger partial charge >= 0.3 is 0 Å². The normalized spacial score (nSPS) is 15.6. The van der Waals surface area contributed by atoms with Crippen molar-refractivity contribution in [2.45, 2.75) is 71.0 Å². The molecule has 1 aliphatic heterocycles. The van der Waals surface area contributed by atoms with Gasteiger partial charge in [0.15, 0.2) is 11.5 Å². The van der Waals surface area contributed by atoms with E-state index in [1.165, 1.54) is 0 Å². The van der Waals surface area contributed by atoms with E-state index < -0.39 is 28.5 Å². The van der Waals surface area contributed by atoms with Crippen LogP contribution in [0.3, 0.4) is 0 Å². The van der Waals surface area contributed by atoms with E-state index in [0.29, 0.717) is 36.8 Å². The predicted molar refractivity (Wildman–Crippen MR) is 175 cm³/mol. The minimum atomic E-state index is -3.89. The highest BCUT2D eigenvalue weighted by molar-refractivity contribution is 7.92. The van der Waals surface area contributed by atoms with Crippen molar-refractivity contribution in [1.29, 1.82) is 0 Å². The molecule has 1 fully saturated rings. The van der Waals surface area contributed by atoms with Crippen LogP contribution < -0.4 is 19.1 Å². The van der Waals surface area contributed by atoms with E-state index in [4.69, 9.17) is 9.47 Å². The van der Waals surface area contributed by atoms with E-state index in [1.807, 2.05) is 61.5 Å². The van der Waals surface area contributed by atoms with Crippen molar-refractivity contribution >= 4 is 27.5 Å². The number of carbonyl (C=O) groups excluding carboxylic acids is 2. The Morgan fingerprint density at radius 2 is 1.60 bits per heavy atom. The molecular formula is C35H43N3O6S. The van der Waals surface area contributed by atoms with Gasteiger partial charge in [0, 0.05) is 25.1 Å². The molecule has 0 bridgehead atoms. The number of rotatable bonds is 12. The molecule has 0 spiro atoms. The van der Waals surface area contributed by atoms with E-state index >= 15 is 0 Å². The van der Waals surface area contributed by atoms with E-state index in [1.54, 1.807) is 30.0 Å². The molecule has 1 saturated carbocycles. The Bertz CT molecular complexity index is 1570. The van der Waals surface area contributed by atoms with Gasteiger partial charge in [-0.1, -0.05) is 79.4 Å². The quantitative estimate of drug-likeness (QED) is 0.301. The summed E-state index contributed by atoms with van der Waals surface area (Å²) in [6.07, 6.45) is 5.37. The van der Waals surface area contributed by atoms with Crippen molar-refractivity contribution in [3.05, 3.63) is 89.5 Å². The highest BCUT2D eigenvalue weighted by Gasteiger charge is 2.35. The van der Waals surface area contributed by atoms with Gasteiger partial charge in [0.2, 0.25) is 21.8 Å². The molecule has 1 atom stereocenters. The maximum atomic E-state index is 14.5. The lowest BCUT2D eigenvalue weighted by molar-refractivity contribution is -0.140. The van der Waals surface area contributed by atoms with Crippen molar-refractivity contribution < 1.29 is 27.5 Å². The first-order valence-electron chi connectivity index (χ1n) is 15.8. The molecule has 3 aromatic rings. The van der Waals surface area contributed by atoms with Gasteiger partial charge in [-0.3, -0.25) is 13.9 Å². The summed E-state index contributed by atoms with van der Waals surface area (Å²) in [5.74, 6) is 0.0444. The van der Waals surface area contributed by atoms with Crippen molar-refractivity contribution in [2.24, 2.45) is 0 Å². The molecule has 0 aromatic heterocycles. The van der Waals surface area contributed by atoms with Gasteiger partial charge in [-0.15, -0.1) is 0 Å². The SMILES string of the molecule is CCS(=O)(=O)N(CC(=O)N(Cc1cccc(C)c1)C(Cc1ccccc1)C(=O)NC1CCCCC1)c1ccc2c(c1)OCCO2. The van der Waals surface area contributed by atoms with E-state index in [-0.39, 0.29) is 24.2 Å². The Kier molecular flexibility index (Phi) is 10.7. The van der Waals surface area contributed by atoms with Gasteiger partial charge in [-0.25, -0.2) is 8.42 Å². The third kappa shape index (κ3) is 8.36. The second kappa shape index (κ2) is 14.8. The average Bonchev–Trinajstić information content (AvgIpc) is 3.05. The topological polar surface area (TPSA) is 105 Å². The highest BCUT2D eigenvalue weighted by atomic mass is 32.2. The zero-order chi connectivity index (χ0) is 31.8. The molecule has 10 heteroatoms. The number of fused-ring (bicyclic) bond motifs is 1. The van der Waals surface area contributed by atoms with Crippen LogP contribution in [0.4, 0.5) is 5.69 Å². The summed E-state index contributed by atoms with van der Waals surface area (Å²) in [7, 11) is -3.89. The number of hydrogen-bond acceptors (Lipinski definition) is 6. The number of hydrogen-bond donors (Lipinski definition) is 1. The fourth-order valence-electron chi connectivity index (χ4n) is 6.01. The van der Waals surface area contributed by atoms with Crippen LogP contribution in [0, 0.1) is 6.92 Å². The zero-order valence-electron chi connectivity index (χ0n) is 26.1. The van der Waals surface area contributed by atoms with Crippen LogP contribution in [0.1, 0.15) is 55.7 Å². The number of anilines is 1. The highest BCUT2D eigenvalue weighted by Crippen LogP contribution is 2.35. The van der Waals surface area contributed by atoms with E-state index in [0.717, 1.165) is 53.1 Å². The van der Waals surface area contributed by atoms with Crippen LogP contribution in [0.2, 0.25) is 0 Å². The number of nitrogens with one attached hydrogen (secondary N) is 1. The minimum Gasteiger partial charge on any atom is -0.486 e. The summed E-state index contributed by atoms with van der Waals surface area (Å²) in [5, 5.41) is 3.24. The maximum Gasteiger partial charge on any atom is 0.244 e. The van der Waals surface area contributed by atoms with Crippen LogP contribution in [0.25, 0.3) is 0 Å². The lowest BCUT2D eigenvalue weighted by Gasteiger charge is -2.35. The monoisotopic (exact) mass is 633 g/mol. The molecule has 2 amide bonds. The maximum absolute atomic E-state index is 14.5. The van der Waals surface area contributed by atoms with Gasteiger partial charge < -0.3 is 19.7 Å². The molecule has 9 nitrogen and oxygen atoms in total. The minimum absolute atomic E-state index is 0.0510. The van der Waals surface area contributed by atoms with Gasteiger partial charge in [0.25, 0.3) is 0 Å². The molecule has 1 N–H and O–H groups in total. The fraction of sp³-hybridized carbons (Fsp3) is 0.429. The van der Waals surface area contributed by atoms with Gasteiger partial charge in [0.1, 0.15) is 25.8 Å². The van der Waals surface area contributed by atoms with Crippen molar-refractivity contribution in [1.82, 2.24) is 10.2 Å². The van der Waals surface area contributed by atoms with Crippen LogP contribution in [0.15, 0.2) is 72.8 Å². The van der Waals surface area contributed by atoms with Crippen LogP contribution in [-0.2, 0) is 32.6 Å². The van der Waals surface area contributed by atoms with E-state index in [2.05, 4.69) is 5.32 Å². The van der Waals surface area contributed by atoms with Crippen LogP contribution >= 0.6 is 0 Å². The molecule has 5 rings (SSSR count). The number of carbonyl (C=O) groups is 2. The van der Waals surface area contributed by atoms with Crippen molar-refractivity contribution in [2.75, 3.05) is 29.8 Å². The van der Waals surface area contributed by atoms with Crippen LogP contribution in [0.5, 0.6) is 11.5 Å². The Morgan fingerprint density at radius 1 is 0.889 bits per heavy atom. The smallest absolute Gasteiger partial charge is 0.244 e. The van der Waals surface area contributed by atoms with Crippen molar-refractivity contribution in [3.63, 3.8) is 0 Å². The average molecular weight is 634 g/mol. The molecular weight excluding hydrogens is 590 g/mol. The van der Waals surface area contributed by atoms with Crippen LogP contribution in [-0.4, -0.2) is 62.7 Å². The zero-order valence-corrected chi connectivity index (χ0v) is 26.9. The molecule has 1 unspecified atom stereocenters. The van der Waals surface area contributed by atoms with E-state index in [9.17, 15) is 18.0 Å². The molecule has 0 radical (unpaired) electrons. The molecule has 45 heavy (non-hydrogen) atoms. The summed E-state index contributed by atoms with van der Waals surface area (Å²) in [4.78, 5) is 30.2. The first kappa shape index (κ1) is 32.3. The molecule has 1 aliphatic carbocycles. The van der Waals surface area contributed by atoms with Crippen molar-refractivity contribution in [3.8, 4) is 11.5 Å². The number of sulfonamides is 1. The van der Waals surface area contributed by atoms with Gasteiger partial charge in [-0.05, 0) is 49.9 Å². The molecule has 1 heterocycles. The lowest BCUT2D eigenvalue weighted by atomic mass is 9.94. The number of benzene rings is 3. The Labute approximate surface area is 266 Å². The standard InChI is InChI=1S/C35H43N3O6S/c1-3-45(41,42)38(30-17-18-32-33(23-30)44-20-19-43-32)25-34(39)37(24-28-14-10-11-26(2)21-28)31(22-27-12-6-4-7-13-27)35(40)36-29-15-8-5-9-16-29/h4,6-7,10-14,17-18,21,23,29,31H,3,5,8-9,15-16,19-20,22,24-25H2,1-2H3,(H,36,40).